The van der Waals surface area contributed by atoms with Gasteiger partial charge in [-0.25, -0.2) is 12.7 Å². The molecule has 0 saturated carbocycles. The highest BCUT2D eigenvalue weighted by molar-refractivity contribution is 8.00. The van der Waals surface area contributed by atoms with Gasteiger partial charge < -0.3 is 0 Å². The second kappa shape index (κ2) is 9.63. The van der Waals surface area contributed by atoms with Gasteiger partial charge >= 0.3 is 0 Å². The average molecular weight is 503 g/mol. The summed E-state index contributed by atoms with van der Waals surface area (Å²) in [5.41, 5.74) is 1.30. The zero-order chi connectivity index (χ0) is 21.9. The Balaban J connectivity index is 1.61. The van der Waals surface area contributed by atoms with Gasteiger partial charge in [-0.05, 0) is 42.0 Å². The minimum Gasteiger partial charge on any atom is -0.296 e. The maximum atomic E-state index is 12.4. The van der Waals surface area contributed by atoms with E-state index in [2.05, 4.69) is 15.5 Å². The second-order valence-corrected chi connectivity index (χ2v) is 11.3. The Kier molecular flexibility index (Phi) is 7.38. The van der Waals surface area contributed by atoms with Crippen LogP contribution < -0.4 is 5.32 Å². The van der Waals surface area contributed by atoms with Crippen molar-refractivity contribution in [2.45, 2.75) is 15.0 Å². The third kappa shape index (κ3) is 5.51. The quantitative estimate of drug-likeness (QED) is 0.373. The SMILES string of the molecule is CN(C)S(=O)(=O)c1ccc(C(=O)Nc2nnc(SCc3ccc(Cl)c(Cl)c3)s2)cc1. The highest BCUT2D eigenvalue weighted by atomic mass is 35.5. The number of nitrogens with zero attached hydrogens (tertiary/aromatic N) is 3. The van der Waals surface area contributed by atoms with Crippen LogP contribution in [0.25, 0.3) is 0 Å². The van der Waals surface area contributed by atoms with Gasteiger partial charge in [0.1, 0.15) is 0 Å². The van der Waals surface area contributed by atoms with Crippen molar-refractivity contribution < 1.29 is 13.2 Å². The predicted molar refractivity (Wildman–Crippen MR) is 121 cm³/mol. The van der Waals surface area contributed by atoms with Gasteiger partial charge in [0, 0.05) is 25.4 Å². The Morgan fingerprint density at radius 1 is 1.10 bits per heavy atom. The van der Waals surface area contributed by atoms with Crippen LogP contribution in [0, 0.1) is 0 Å². The zero-order valence-electron chi connectivity index (χ0n) is 15.8. The number of sulfonamides is 1. The number of carbonyl (C=O) groups excluding carboxylic acids is 1. The topological polar surface area (TPSA) is 92.3 Å². The van der Waals surface area contributed by atoms with Crippen molar-refractivity contribution >= 4 is 67.4 Å². The van der Waals surface area contributed by atoms with Crippen LogP contribution in [0.3, 0.4) is 0 Å². The van der Waals surface area contributed by atoms with Crippen LogP contribution in [0.1, 0.15) is 15.9 Å². The van der Waals surface area contributed by atoms with Gasteiger partial charge in [-0.15, -0.1) is 10.2 Å². The van der Waals surface area contributed by atoms with Crippen molar-refractivity contribution in [3.8, 4) is 0 Å². The summed E-state index contributed by atoms with van der Waals surface area (Å²) in [4.78, 5) is 12.5. The standard InChI is InChI=1S/C18H16Cl2N4O3S3/c1-24(2)30(26,27)13-6-4-12(5-7-13)16(25)21-17-22-23-18(29-17)28-10-11-3-8-14(19)15(20)9-11/h3-9H,10H2,1-2H3,(H,21,22,25). The van der Waals surface area contributed by atoms with Gasteiger partial charge in [0.15, 0.2) is 4.34 Å². The molecule has 158 valence electrons. The summed E-state index contributed by atoms with van der Waals surface area (Å²) in [6.07, 6.45) is 0. The Hall–Kier alpha value is -1.69. The fourth-order valence-electron chi connectivity index (χ4n) is 2.25. The number of rotatable bonds is 7. The first-order valence-electron chi connectivity index (χ1n) is 8.41. The molecular weight excluding hydrogens is 487 g/mol. The van der Waals surface area contributed by atoms with Gasteiger partial charge in [0.25, 0.3) is 5.91 Å². The molecule has 3 aromatic rings. The molecule has 1 N–H and O–H groups in total. The molecule has 1 amide bonds. The van der Waals surface area contributed by atoms with Crippen molar-refractivity contribution in [2.24, 2.45) is 0 Å². The maximum Gasteiger partial charge on any atom is 0.257 e. The Bertz CT molecular complexity index is 1170. The summed E-state index contributed by atoms with van der Waals surface area (Å²) >= 11 is 14.6. The van der Waals surface area contributed by atoms with Gasteiger partial charge in [-0.2, -0.15) is 0 Å². The van der Waals surface area contributed by atoms with E-state index in [1.807, 2.05) is 6.07 Å². The van der Waals surface area contributed by atoms with Crippen LogP contribution in [-0.4, -0.2) is 42.9 Å². The molecule has 0 saturated heterocycles. The van der Waals surface area contributed by atoms with E-state index in [1.54, 1.807) is 12.1 Å². The highest BCUT2D eigenvalue weighted by Crippen LogP contribution is 2.30. The zero-order valence-corrected chi connectivity index (χ0v) is 19.8. The van der Waals surface area contributed by atoms with E-state index in [-0.39, 0.29) is 4.90 Å². The second-order valence-electron chi connectivity index (χ2n) is 6.18. The molecule has 0 bridgehead atoms. The van der Waals surface area contributed by atoms with Crippen LogP contribution in [0.2, 0.25) is 10.0 Å². The van der Waals surface area contributed by atoms with Crippen molar-refractivity contribution in [1.29, 1.82) is 0 Å². The van der Waals surface area contributed by atoms with Crippen LogP contribution in [-0.2, 0) is 15.8 Å². The molecular formula is C18H16Cl2N4O3S3. The first kappa shape index (κ1) is 23.0. The summed E-state index contributed by atoms with van der Waals surface area (Å²) in [5, 5.41) is 12.0. The normalized spacial score (nSPS) is 11.6. The number of thioether (sulfide) groups is 1. The molecule has 0 aliphatic carbocycles. The van der Waals surface area contributed by atoms with Gasteiger partial charge in [0.2, 0.25) is 15.2 Å². The molecule has 7 nitrogen and oxygen atoms in total. The third-order valence-electron chi connectivity index (χ3n) is 3.87. The lowest BCUT2D eigenvalue weighted by Gasteiger charge is -2.11. The molecule has 1 heterocycles. The van der Waals surface area contributed by atoms with Crippen molar-refractivity contribution in [3.05, 3.63) is 63.6 Å². The van der Waals surface area contributed by atoms with Crippen LogP contribution in [0.5, 0.6) is 0 Å². The molecule has 0 fully saturated rings. The molecule has 0 radical (unpaired) electrons. The molecule has 0 atom stereocenters. The van der Waals surface area contributed by atoms with E-state index in [0.717, 1.165) is 9.87 Å². The van der Waals surface area contributed by atoms with Crippen LogP contribution in [0.15, 0.2) is 51.7 Å². The fraction of sp³-hybridized carbons (Fsp3) is 0.167. The molecule has 0 aliphatic heterocycles. The summed E-state index contributed by atoms with van der Waals surface area (Å²) < 4.78 is 26.0. The maximum absolute atomic E-state index is 12.4. The van der Waals surface area contributed by atoms with E-state index in [0.29, 0.717) is 30.8 Å². The monoisotopic (exact) mass is 502 g/mol. The molecule has 3 rings (SSSR count). The van der Waals surface area contributed by atoms with Crippen LogP contribution in [0.4, 0.5) is 5.13 Å². The number of carbonyl (C=O) groups is 1. The number of hydrogen-bond acceptors (Lipinski definition) is 7. The van der Waals surface area contributed by atoms with E-state index in [9.17, 15) is 13.2 Å². The number of halogens is 2. The summed E-state index contributed by atoms with van der Waals surface area (Å²) in [6, 6.07) is 11.1. The number of amides is 1. The van der Waals surface area contributed by atoms with E-state index in [1.165, 1.54) is 61.5 Å². The average Bonchev–Trinajstić information content (AvgIpc) is 3.16. The Labute approximate surface area is 192 Å². The number of hydrogen-bond donors (Lipinski definition) is 1. The molecule has 12 heteroatoms. The molecule has 30 heavy (non-hydrogen) atoms. The lowest BCUT2D eigenvalue weighted by atomic mass is 10.2. The van der Waals surface area contributed by atoms with Crippen LogP contribution >= 0.6 is 46.3 Å². The van der Waals surface area contributed by atoms with Gasteiger partial charge in [-0.3, -0.25) is 10.1 Å². The minimum atomic E-state index is -3.55. The Morgan fingerprint density at radius 3 is 2.43 bits per heavy atom. The number of anilines is 1. The largest absolute Gasteiger partial charge is 0.296 e. The predicted octanol–water partition coefficient (Wildman–Crippen LogP) is 4.64. The van der Waals surface area contributed by atoms with Crippen molar-refractivity contribution in [1.82, 2.24) is 14.5 Å². The summed E-state index contributed by atoms with van der Waals surface area (Å²) in [5.74, 6) is 0.224. The first-order valence-corrected chi connectivity index (χ1v) is 12.4. The number of benzene rings is 2. The Morgan fingerprint density at radius 2 is 1.80 bits per heavy atom. The van der Waals surface area contributed by atoms with E-state index < -0.39 is 15.9 Å². The number of aromatic nitrogens is 2. The van der Waals surface area contributed by atoms with E-state index >= 15 is 0 Å². The van der Waals surface area contributed by atoms with Gasteiger partial charge in [0.05, 0.1) is 14.9 Å². The smallest absolute Gasteiger partial charge is 0.257 e. The van der Waals surface area contributed by atoms with Gasteiger partial charge in [-0.1, -0.05) is 52.4 Å². The summed E-state index contributed by atoms with van der Waals surface area (Å²) in [6.45, 7) is 0. The molecule has 0 aliphatic rings. The number of nitrogens with one attached hydrogen (secondary N) is 1. The lowest BCUT2D eigenvalue weighted by Crippen LogP contribution is -2.22. The fourth-order valence-corrected chi connectivity index (χ4v) is 5.16. The molecule has 1 aromatic heterocycles. The summed E-state index contributed by atoms with van der Waals surface area (Å²) in [7, 11) is -0.652. The van der Waals surface area contributed by atoms with E-state index in [4.69, 9.17) is 23.2 Å². The third-order valence-corrected chi connectivity index (χ3v) is 8.48. The molecule has 0 spiro atoms. The molecule has 0 unspecified atom stereocenters. The first-order chi connectivity index (χ1) is 14.2. The lowest BCUT2D eigenvalue weighted by molar-refractivity contribution is 0.102. The van der Waals surface area contributed by atoms with Crippen molar-refractivity contribution in [3.63, 3.8) is 0 Å². The minimum absolute atomic E-state index is 0.112. The molecule has 2 aromatic carbocycles. The highest BCUT2D eigenvalue weighted by Gasteiger charge is 2.18. The van der Waals surface area contributed by atoms with Crippen molar-refractivity contribution in [2.75, 3.05) is 19.4 Å².